The van der Waals surface area contributed by atoms with Gasteiger partial charge in [-0.15, -0.1) is 5.10 Å². The van der Waals surface area contributed by atoms with Crippen LogP contribution in [-0.2, 0) is 6.42 Å². The van der Waals surface area contributed by atoms with Gasteiger partial charge in [-0.1, -0.05) is 11.6 Å². The van der Waals surface area contributed by atoms with Crippen LogP contribution in [0, 0.1) is 5.82 Å². The van der Waals surface area contributed by atoms with Gasteiger partial charge in [-0.2, -0.15) is 5.10 Å². The van der Waals surface area contributed by atoms with Crippen LogP contribution in [0.1, 0.15) is 21.6 Å². The van der Waals surface area contributed by atoms with Crippen LogP contribution in [0.2, 0.25) is 5.15 Å². The van der Waals surface area contributed by atoms with Crippen molar-refractivity contribution in [2.24, 2.45) is 0 Å². The summed E-state index contributed by atoms with van der Waals surface area (Å²) >= 11 is 5.65. The van der Waals surface area contributed by atoms with Crippen molar-refractivity contribution in [3.05, 3.63) is 68.5 Å². The number of H-pyrrole nitrogens is 1. The summed E-state index contributed by atoms with van der Waals surface area (Å²) in [6.45, 7) is 0. The molecular formula is C15H9ClFN3O3. The number of rotatable bonds is 3. The van der Waals surface area contributed by atoms with Crippen molar-refractivity contribution < 1.29 is 14.3 Å². The van der Waals surface area contributed by atoms with E-state index in [0.717, 1.165) is 6.20 Å². The molecule has 2 N–H and O–H groups in total. The first-order valence-corrected chi connectivity index (χ1v) is 6.88. The first-order valence-electron chi connectivity index (χ1n) is 6.51. The number of carbonyl (C=O) groups is 1. The van der Waals surface area contributed by atoms with E-state index in [-0.39, 0.29) is 22.5 Å². The largest absolute Gasteiger partial charge is 0.477 e. The van der Waals surface area contributed by atoms with E-state index in [1.165, 1.54) is 12.1 Å². The van der Waals surface area contributed by atoms with Crippen molar-refractivity contribution in [1.82, 2.24) is 15.2 Å². The fourth-order valence-electron chi connectivity index (χ4n) is 2.25. The second-order valence-electron chi connectivity index (χ2n) is 4.86. The van der Waals surface area contributed by atoms with Gasteiger partial charge in [0.25, 0.3) is 0 Å². The summed E-state index contributed by atoms with van der Waals surface area (Å²) in [5.74, 6) is -2.02. The van der Waals surface area contributed by atoms with Crippen molar-refractivity contribution >= 4 is 28.5 Å². The molecule has 2 aromatic heterocycles. The van der Waals surface area contributed by atoms with Gasteiger partial charge in [0, 0.05) is 18.0 Å². The Morgan fingerprint density at radius 2 is 2.09 bits per heavy atom. The molecule has 1 aromatic carbocycles. The first-order chi connectivity index (χ1) is 11.0. The van der Waals surface area contributed by atoms with Gasteiger partial charge >= 0.3 is 5.97 Å². The Morgan fingerprint density at radius 1 is 1.30 bits per heavy atom. The van der Waals surface area contributed by atoms with Crippen LogP contribution in [0.15, 0.2) is 35.3 Å². The van der Waals surface area contributed by atoms with Crippen LogP contribution in [0.4, 0.5) is 4.39 Å². The molecule has 116 valence electrons. The van der Waals surface area contributed by atoms with E-state index in [2.05, 4.69) is 15.2 Å². The van der Waals surface area contributed by atoms with Crippen LogP contribution >= 0.6 is 11.6 Å². The molecular weight excluding hydrogens is 325 g/mol. The lowest BCUT2D eigenvalue weighted by atomic mass is 10.0. The zero-order valence-corrected chi connectivity index (χ0v) is 12.3. The van der Waals surface area contributed by atoms with E-state index in [9.17, 15) is 14.0 Å². The summed E-state index contributed by atoms with van der Waals surface area (Å²) < 4.78 is 14.2. The van der Waals surface area contributed by atoms with E-state index in [0.29, 0.717) is 11.3 Å². The molecule has 0 radical (unpaired) electrons. The molecule has 0 unspecified atom stereocenters. The maximum absolute atomic E-state index is 14.2. The molecule has 0 saturated heterocycles. The summed E-state index contributed by atoms with van der Waals surface area (Å²) in [5, 5.41) is 16.7. The second-order valence-corrected chi connectivity index (χ2v) is 5.25. The SMILES string of the molecule is O=C(O)c1c[nH]c2c(F)cc(Cc3ccc(Cl)nn3)cc2c1=O. The van der Waals surface area contributed by atoms with E-state index < -0.39 is 22.8 Å². The van der Waals surface area contributed by atoms with Gasteiger partial charge in [0.05, 0.1) is 11.2 Å². The molecule has 0 amide bonds. The monoisotopic (exact) mass is 333 g/mol. The number of nitrogens with zero attached hydrogens (tertiary/aromatic N) is 2. The molecule has 0 spiro atoms. The fourth-order valence-corrected chi connectivity index (χ4v) is 2.35. The molecule has 0 fully saturated rings. The highest BCUT2D eigenvalue weighted by Crippen LogP contribution is 2.18. The third-order valence-electron chi connectivity index (χ3n) is 3.30. The standard InChI is InChI=1S/C15H9ClFN3O3/c16-12-2-1-8(19-20-12)3-7-4-9-13(11(17)5-7)18-6-10(14(9)21)15(22)23/h1-2,4-6H,3H2,(H,18,21)(H,22,23). The van der Waals surface area contributed by atoms with Gasteiger partial charge in [0.2, 0.25) is 5.43 Å². The Balaban J connectivity index is 2.12. The highest BCUT2D eigenvalue weighted by molar-refractivity contribution is 6.29. The number of nitrogens with one attached hydrogen (secondary N) is 1. The summed E-state index contributed by atoms with van der Waals surface area (Å²) in [4.78, 5) is 25.7. The molecule has 0 bridgehead atoms. The smallest absolute Gasteiger partial charge is 0.341 e. The third-order valence-corrected chi connectivity index (χ3v) is 3.50. The maximum atomic E-state index is 14.2. The number of hydrogen-bond donors (Lipinski definition) is 2. The predicted molar refractivity (Wildman–Crippen MR) is 81.3 cm³/mol. The maximum Gasteiger partial charge on any atom is 0.341 e. The first kappa shape index (κ1) is 15.1. The van der Waals surface area contributed by atoms with Gasteiger partial charge in [0.15, 0.2) is 5.15 Å². The lowest BCUT2D eigenvalue weighted by Crippen LogP contribution is -2.16. The van der Waals surface area contributed by atoms with Crippen LogP contribution in [0.3, 0.4) is 0 Å². The van der Waals surface area contributed by atoms with Crippen LogP contribution in [-0.4, -0.2) is 26.3 Å². The minimum Gasteiger partial charge on any atom is -0.477 e. The molecule has 2 heterocycles. The molecule has 0 aliphatic rings. The lowest BCUT2D eigenvalue weighted by molar-refractivity contribution is 0.0695. The van der Waals surface area contributed by atoms with E-state index in [1.807, 2.05) is 0 Å². The summed E-state index contributed by atoms with van der Waals surface area (Å²) in [7, 11) is 0. The molecule has 0 atom stereocenters. The number of aromatic nitrogens is 3. The number of fused-ring (bicyclic) bond motifs is 1. The summed E-state index contributed by atoms with van der Waals surface area (Å²) in [6.07, 6.45) is 1.22. The van der Waals surface area contributed by atoms with Gasteiger partial charge < -0.3 is 10.1 Å². The molecule has 0 saturated carbocycles. The summed E-state index contributed by atoms with van der Waals surface area (Å²) in [5.41, 5.74) is -0.209. The van der Waals surface area contributed by atoms with Gasteiger partial charge in [0.1, 0.15) is 11.4 Å². The second kappa shape index (κ2) is 5.77. The number of aromatic carboxylic acids is 1. The van der Waals surface area contributed by atoms with E-state index >= 15 is 0 Å². The molecule has 23 heavy (non-hydrogen) atoms. The number of benzene rings is 1. The molecule has 3 rings (SSSR count). The van der Waals surface area contributed by atoms with Gasteiger partial charge in [-0.25, -0.2) is 9.18 Å². The van der Waals surface area contributed by atoms with Gasteiger partial charge in [-0.05, 0) is 29.8 Å². The Hall–Kier alpha value is -2.80. The molecule has 0 aliphatic carbocycles. The number of aromatic amines is 1. The molecule has 3 aromatic rings. The topological polar surface area (TPSA) is 95.9 Å². The van der Waals surface area contributed by atoms with Crippen molar-refractivity contribution in [2.75, 3.05) is 0 Å². The van der Waals surface area contributed by atoms with Crippen molar-refractivity contribution in [1.29, 1.82) is 0 Å². The zero-order chi connectivity index (χ0) is 16.6. The highest BCUT2D eigenvalue weighted by atomic mass is 35.5. The van der Waals surface area contributed by atoms with Crippen molar-refractivity contribution in [3.8, 4) is 0 Å². The van der Waals surface area contributed by atoms with Crippen molar-refractivity contribution in [2.45, 2.75) is 6.42 Å². The predicted octanol–water partition coefficient (Wildman–Crippen LogP) is 2.40. The van der Waals surface area contributed by atoms with Crippen LogP contribution in [0.5, 0.6) is 0 Å². The minimum atomic E-state index is -1.37. The Kier molecular flexibility index (Phi) is 3.79. The van der Waals surface area contributed by atoms with Crippen LogP contribution < -0.4 is 5.43 Å². The fraction of sp³-hybridized carbons (Fsp3) is 0.0667. The average Bonchev–Trinajstić information content (AvgIpc) is 2.50. The quantitative estimate of drug-likeness (QED) is 0.767. The van der Waals surface area contributed by atoms with Crippen molar-refractivity contribution in [3.63, 3.8) is 0 Å². The number of halogens is 2. The third kappa shape index (κ3) is 2.91. The van der Waals surface area contributed by atoms with Gasteiger partial charge in [-0.3, -0.25) is 4.79 Å². The number of carboxylic acids is 1. The zero-order valence-electron chi connectivity index (χ0n) is 11.5. The Bertz CT molecular complexity index is 970. The van der Waals surface area contributed by atoms with E-state index in [1.54, 1.807) is 12.1 Å². The minimum absolute atomic E-state index is 0.0261. The Labute approximate surface area is 133 Å². The van der Waals surface area contributed by atoms with Crippen LogP contribution in [0.25, 0.3) is 10.9 Å². The average molecular weight is 334 g/mol. The number of hydrogen-bond acceptors (Lipinski definition) is 4. The Morgan fingerprint density at radius 3 is 2.74 bits per heavy atom. The summed E-state index contributed by atoms with van der Waals surface area (Å²) in [6, 6.07) is 5.89. The molecule has 8 heteroatoms. The number of pyridine rings is 1. The highest BCUT2D eigenvalue weighted by Gasteiger charge is 2.15. The molecule has 0 aliphatic heterocycles. The normalized spacial score (nSPS) is 10.9. The van der Waals surface area contributed by atoms with E-state index in [4.69, 9.17) is 16.7 Å². The lowest BCUT2D eigenvalue weighted by Gasteiger charge is -2.06. The number of carboxylic acid groups (broad SMARTS) is 1. The molecule has 6 nitrogen and oxygen atoms in total.